The average Bonchev–Trinajstić information content (AvgIpc) is 2.49. The highest BCUT2D eigenvalue weighted by Crippen LogP contribution is 2.15. The first-order valence-electron chi connectivity index (χ1n) is 7.69. The maximum atomic E-state index is 12.2. The fourth-order valence-corrected chi connectivity index (χ4v) is 2.74. The van der Waals surface area contributed by atoms with Crippen LogP contribution in [0.5, 0.6) is 0 Å². The third-order valence-corrected chi connectivity index (χ3v) is 4.43. The molecular formula is C16H25N3O2. The van der Waals surface area contributed by atoms with Crippen LogP contribution >= 0.6 is 0 Å². The van der Waals surface area contributed by atoms with E-state index in [2.05, 4.69) is 17.1 Å². The molecule has 116 valence electrons. The van der Waals surface area contributed by atoms with E-state index in [1.807, 2.05) is 14.0 Å². The fourth-order valence-electron chi connectivity index (χ4n) is 2.74. The molecule has 1 fully saturated rings. The second-order valence-corrected chi connectivity index (χ2v) is 5.89. The Morgan fingerprint density at radius 3 is 2.67 bits per heavy atom. The Bertz CT molecular complexity index is 557. The topological polar surface area (TPSA) is 54.3 Å². The molecule has 1 aromatic heterocycles. The molecule has 1 aromatic rings. The van der Waals surface area contributed by atoms with Gasteiger partial charge in [-0.2, -0.15) is 0 Å². The summed E-state index contributed by atoms with van der Waals surface area (Å²) >= 11 is 0. The number of aromatic nitrogens is 1. The molecule has 2 heterocycles. The van der Waals surface area contributed by atoms with Gasteiger partial charge in [0.1, 0.15) is 5.56 Å². The number of amides is 1. The van der Waals surface area contributed by atoms with E-state index in [9.17, 15) is 9.59 Å². The quantitative estimate of drug-likeness (QED) is 0.905. The van der Waals surface area contributed by atoms with Gasteiger partial charge in [0.05, 0.1) is 0 Å². The fraction of sp³-hybridized carbons (Fsp3) is 0.625. The number of piperidine rings is 1. The third kappa shape index (κ3) is 3.94. The van der Waals surface area contributed by atoms with Gasteiger partial charge in [0.2, 0.25) is 0 Å². The molecule has 5 nitrogen and oxygen atoms in total. The monoisotopic (exact) mass is 291 g/mol. The molecule has 0 radical (unpaired) electrons. The van der Waals surface area contributed by atoms with Crippen molar-refractivity contribution in [2.24, 2.45) is 13.0 Å². The van der Waals surface area contributed by atoms with Crippen molar-refractivity contribution in [3.05, 3.63) is 33.7 Å². The molecule has 0 aliphatic carbocycles. The summed E-state index contributed by atoms with van der Waals surface area (Å²) in [5.74, 6) is 0.263. The molecule has 0 unspecified atom stereocenters. The van der Waals surface area contributed by atoms with E-state index >= 15 is 0 Å². The zero-order valence-corrected chi connectivity index (χ0v) is 13.2. The number of carbonyl (C=O) groups is 1. The Balaban J connectivity index is 1.91. The van der Waals surface area contributed by atoms with E-state index in [0.717, 1.165) is 38.2 Å². The van der Waals surface area contributed by atoms with E-state index in [0.29, 0.717) is 12.5 Å². The van der Waals surface area contributed by atoms with Crippen molar-refractivity contribution in [3.8, 4) is 0 Å². The lowest BCUT2D eigenvalue weighted by molar-refractivity contribution is 0.0935. The van der Waals surface area contributed by atoms with Crippen molar-refractivity contribution >= 4 is 5.91 Å². The first kappa shape index (κ1) is 15.8. The zero-order valence-electron chi connectivity index (χ0n) is 13.2. The van der Waals surface area contributed by atoms with Crippen LogP contribution in [-0.2, 0) is 7.05 Å². The second kappa shape index (κ2) is 6.89. The van der Waals surface area contributed by atoms with E-state index in [1.54, 1.807) is 10.8 Å². The molecule has 1 saturated heterocycles. The van der Waals surface area contributed by atoms with Gasteiger partial charge >= 0.3 is 0 Å². The molecule has 21 heavy (non-hydrogen) atoms. The first-order valence-corrected chi connectivity index (χ1v) is 7.69. The number of aryl methyl sites for hydroxylation is 2. The normalized spacial score (nSPS) is 16.9. The van der Waals surface area contributed by atoms with Crippen molar-refractivity contribution in [2.45, 2.75) is 26.7 Å². The maximum absolute atomic E-state index is 12.2. The molecule has 2 rings (SSSR count). The SMILES string of the molecule is CCN1CCC(CNC(=O)c2cn(C)c(C)cc2=O)CC1. The molecule has 0 spiro atoms. The van der Waals surface area contributed by atoms with Gasteiger partial charge in [-0.3, -0.25) is 9.59 Å². The molecular weight excluding hydrogens is 266 g/mol. The van der Waals surface area contributed by atoms with Gasteiger partial charge in [-0.25, -0.2) is 0 Å². The summed E-state index contributed by atoms with van der Waals surface area (Å²) in [6, 6.07) is 1.51. The Morgan fingerprint density at radius 1 is 1.38 bits per heavy atom. The number of pyridine rings is 1. The van der Waals surface area contributed by atoms with Crippen LogP contribution in [0.4, 0.5) is 0 Å². The highest BCUT2D eigenvalue weighted by Gasteiger charge is 2.19. The second-order valence-electron chi connectivity index (χ2n) is 5.89. The van der Waals surface area contributed by atoms with Crippen LogP contribution in [0, 0.1) is 12.8 Å². The van der Waals surface area contributed by atoms with Gasteiger partial charge in [-0.05, 0) is 45.3 Å². The molecule has 1 amide bonds. The smallest absolute Gasteiger partial charge is 0.256 e. The van der Waals surface area contributed by atoms with Gasteiger partial charge in [0.25, 0.3) is 5.91 Å². The molecule has 1 N–H and O–H groups in total. The predicted molar refractivity (Wildman–Crippen MR) is 83.6 cm³/mol. The van der Waals surface area contributed by atoms with Crippen molar-refractivity contribution in [1.82, 2.24) is 14.8 Å². The molecule has 0 atom stereocenters. The number of nitrogens with one attached hydrogen (secondary N) is 1. The summed E-state index contributed by atoms with van der Waals surface area (Å²) in [4.78, 5) is 26.5. The lowest BCUT2D eigenvalue weighted by Gasteiger charge is -2.31. The van der Waals surface area contributed by atoms with Gasteiger partial charge in [-0.15, -0.1) is 0 Å². The maximum Gasteiger partial charge on any atom is 0.256 e. The van der Waals surface area contributed by atoms with Crippen molar-refractivity contribution < 1.29 is 4.79 Å². The first-order chi connectivity index (χ1) is 10.0. The van der Waals surface area contributed by atoms with E-state index < -0.39 is 0 Å². The summed E-state index contributed by atoms with van der Waals surface area (Å²) in [6.07, 6.45) is 3.84. The van der Waals surface area contributed by atoms with Gasteiger partial charge < -0.3 is 14.8 Å². The van der Waals surface area contributed by atoms with E-state index in [-0.39, 0.29) is 16.9 Å². The highest BCUT2D eigenvalue weighted by molar-refractivity contribution is 5.93. The zero-order chi connectivity index (χ0) is 15.4. The number of hydrogen-bond donors (Lipinski definition) is 1. The van der Waals surface area contributed by atoms with Gasteiger partial charge in [-0.1, -0.05) is 6.92 Å². The van der Waals surface area contributed by atoms with Gasteiger partial charge in [0.15, 0.2) is 5.43 Å². The predicted octanol–water partition coefficient (Wildman–Crippen LogP) is 1.16. The number of nitrogens with zero attached hydrogens (tertiary/aromatic N) is 2. The molecule has 0 saturated carbocycles. The summed E-state index contributed by atoms with van der Waals surface area (Å²) in [5.41, 5.74) is 0.876. The molecule has 1 aliphatic heterocycles. The van der Waals surface area contributed by atoms with Crippen LogP contribution in [-0.4, -0.2) is 41.6 Å². The standard InChI is InChI=1S/C16H25N3O2/c1-4-19-7-5-13(6-8-19)10-17-16(21)14-11-18(3)12(2)9-15(14)20/h9,11,13H,4-8,10H2,1-3H3,(H,17,21). The number of likely N-dealkylation sites (tertiary alicyclic amines) is 1. The van der Waals surface area contributed by atoms with Crippen molar-refractivity contribution in [2.75, 3.05) is 26.2 Å². The van der Waals surface area contributed by atoms with Crippen LogP contribution < -0.4 is 10.7 Å². The summed E-state index contributed by atoms with van der Waals surface area (Å²) < 4.78 is 1.80. The third-order valence-electron chi connectivity index (χ3n) is 4.43. The van der Waals surface area contributed by atoms with E-state index in [4.69, 9.17) is 0 Å². The van der Waals surface area contributed by atoms with Crippen LogP contribution in [0.1, 0.15) is 35.8 Å². The van der Waals surface area contributed by atoms with E-state index in [1.165, 1.54) is 6.07 Å². The lowest BCUT2D eigenvalue weighted by Crippen LogP contribution is -2.39. The number of carbonyl (C=O) groups excluding carboxylic acids is 1. The van der Waals surface area contributed by atoms with Crippen molar-refractivity contribution in [1.29, 1.82) is 0 Å². The van der Waals surface area contributed by atoms with Gasteiger partial charge in [0, 0.05) is 31.5 Å². The lowest BCUT2D eigenvalue weighted by atomic mass is 9.97. The molecule has 1 aliphatic rings. The van der Waals surface area contributed by atoms with Crippen LogP contribution in [0.25, 0.3) is 0 Å². The molecule has 5 heteroatoms. The highest BCUT2D eigenvalue weighted by atomic mass is 16.2. The van der Waals surface area contributed by atoms with Crippen LogP contribution in [0.2, 0.25) is 0 Å². The minimum atomic E-state index is -0.256. The van der Waals surface area contributed by atoms with Crippen LogP contribution in [0.3, 0.4) is 0 Å². The minimum absolute atomic E-state index is 0.205. The summed E-state index contributed by atoms with van der Waals surface area (Å²) in [7, 11) is 1.84. The van der Waals surface area contributed by atoms with Crippen molar-refractivity contribution in [3.63, 3.8) is 0 Å². The Hall–Kier alpha value is -1.62. The Morgan fingerprint density at radius 2 is 2.05 bits per heavy atom. The Kier molecular flexibility index (Phi) is 5.17. The summed E-state index contributed by atoms with van der Waals surface area (Å²) in [5, 5.41) is 2.92. The molecule has 0 aromatic carbocycles. The Labute approximate surface area is 126 Å². The average molecular weight is 291 g/mol. The molecule has 0 bridgehead atoms. The summed E-state index contributed by atoms with van der Waals surface area (Å²) in [6.45, 7) is 7.98. The van der Waals surface area contributed by atoms with Crippen LogP contribution in [0.15, 0.2) is 17.1 Å². The number of hydrogen-bond acceptors (Lipinski definition) is 3. The largest absolute Gasteiger partial charge is 0.354 e. The minimum Gasteiger partial charge on any atom is -0.354 e. The number of rotatable bonds is 4.